The zero-order chi connectivity index (χ0) is 21.6. The summed E-state index contributed by atoms with van der Waals surface area (Å²) in [6.07, 6.45) is 4.67. The van der Waals surface area contributed by atoms with E-state index in [0.29, 0.717) is 5.69 Å². The standard InChI is InChI=1S/C24H25N3O3S/c1-17-2-8-21(9-3-17)27(24(29)19-10-12-31-13-11-19)14-23(28)26-20-6-4-18(5-7-20)22-15-30-16-25-22/h2-9,15-16,19H,10-14H2,1H3,(H,26,28). The molecule has 4 rings (SSSR count). The first-order valence-electron chi connectivity index (χ1n) is 10.3. The number of carbonyl (C=O) groups is 2. The fraction of sp³-hybridized carbons (Fsp3) is 0.292. The van der Waals surface area contributed by atoms with Gasteiger partial charge in [0, 0.05) is 22.9 Å². The van der Waals surface area contributed by atoms with Crippen molar-refractivity contribution in [3.05, 3.63) is 66.8 Å². The molecule has 1 aliphatic rings. The smallest absolute Gasteiger partial charge is 0.244 e. The van der Waals surface area contributed by atoms with Crippen molar-refractivity contribution < 1.29 is 14.0 Å². The minimum atomic E-state index is -0.228. The number of hydrogen-bond donors (Lipinski definition) is 1. The van der Waals surface area contributed by atoms with E-state index in [2.05, 4.69) is 10.3 Å². The summed E-state index contributed by atoms with van der Waals surface area (Å²) in [5.74, 6) is 1.75. The third kappa shape index (κ3) is 5.35. The van der Waals surface area contributed by atoms with Gasteiger partial charge in [0.1, 0.15) is 18.5 Å². The number of rotatable bonds is 6. The third-order valence-electron chi connectivity index (χ3n) is 5.38. The molecule has 0 spiro atoms. The van der Waals surface area contributed by atoms with Gasteiger partial charge in [-0.3, -0.25) is 9.59 Å². The fourth-order valence-corrected chi connectivity index (χ4v) is 4.72. The molecular formula is C24H25N3O3S. The zero-order valence-electron chi connectivity index (χ0n) is 17.4. The maximum Gasteiger partial charge on any atom is 0.244 e. The quantitative estimate of drug-likeness (QED) is 0.604. The number of oxazole rings is 1. The molecule has 31 heavy (non-hydrogen) atoms. The number of nitrogens with zero attached hydrogens (tertiary/aromatic N) is 2. The van der Waals surface area contributed by atoms with Gasteiger partial charge in [0.15, 0.2) is 6.39 Å². The van der Waals surface area contributed by atoms with Crippen LogP contribution in [0.25, 0.3) is 11.3 Å². The van der Waals surface area contributed by atoms with Crippen LogP contribution in [0, 0.1) is 12.8 Å². The number of aryl methyl sites for hydroxylation is 1. The number of nitrogens with one attached hydrogen (secondary N) is 1. The Balaban J connectivity index is 1.47. The summed E-state index contributed by atoms with van der Waals surface area (Å²) in [7, 11) is 0. The predicted molar refractivity (Wildman–Crippen MR) is 124 cm³/mol. The summed E-state index contributed by atoms with van der Waals surface area (Å²) in [6.45, 7) is 1.99. The van der Waals surface area contributed by atoms with Crippen LogP contribution >= 0.6 is 11.8 Å². The van der Waals surface area contributed by atoms with E-state index in [1.165, 1.54) is 6.39 Å². The van der Waals surface area contributed by atoms with Gasteiger partial charge in [0.05, 0.1) is 0 Å². The zero-order valence-corrected chi connectivity index (χ0v) is 18.2. The van der Waals surface area contributed by atoms with Gasteiger partial charge in [0.2, 0.25) is 11.8 Å². The lowest BCUT2D eigenvalue weighted by molar-refractivity contribution is -0.124. The number of amides is 2. The number of aromatic nitrogens is 1. The highest BCUT2D eigenvalue weighted by atomic mass is 32.2. The molecule has 0 unspecified atom stereocenters. The van der Waals surface area contributed by atoms with Crippen molar-refractivity contribution >= 4 is 35.0 Å². The number of hydrogen-bond acceptors (Lipinski definition) is 5. The van der Waals surface area contributed by atoms with E-state index in [1.807, 2.05) is 67.2 Å². The second-order valence-electron chi connectivity index (χ2n) is 7.65. The highest BCUT2D eigenvalue weighted by Crippen LogP contribution is 2.27. The number of carbonyl (C=O) groups excluding carboxylic acids is 2. The van der Waals surface area contributed by atoms with Gasteiger partial charge in [-0.2, -0.15) is 11.8 Å². The molecule has 1 saturated heterocycles. The highest BCUT2D eigenvalue weighted by Gasteiger charge is 2.28. The van der Waals surface area contributed by atoms with Gasteiger partial charge in [-0.15, -0.1) is 0 Å². The van der Waals surface area contributed by atoms with Crippen LogP contribution in [-0.4, -0.2) is 34.8 Å². The van der Waals surface area contributed by atoms with E-state index < -0.39 is 0 Å². The van der Waals surface area contributed by atoms with E-state index in [0.717, 1.165) is 46.9 Å². The van der Waals surface area contributed by atoms with E-state index in [9.17, 15) is 9.59 Å². The van der Waals surface area contributed by atoms with Crippen LogP contribution < -0.4 is 10.2 Å². The summed E-state index contributed by atoms with van der Waals surface area (Å²) in [6, 6.07) is 15.1. The van der Waals surface area contributed by atoms with Crippen molar-refractivity contribution in [1.82, 2.24) is 4.98 Å². The van der Waals surface area contributed by atoms with Crippen molar-refractivity contribution in [2.75, 3.05) is 28.3 Å². The van der Waals surface area contributed by atoms with Gasteiger partial charge >= 0.3 is 0 Å². The Labute approximate surface area is 186 Å². The molecule has 1 aliphatic heterocycles. The minimum absolute atomic E-state index is 0.0173. The van der Waals surface area contributed by atoms with Gasteiger partial charge in [0.25, 0.3) is 0 Å². The van der Waals surface area contributed by atoms with Crippen LogP contribution in [0.5, 0.6) is 0 Å². The second kappa shape index (κ2) is 9.83. The topological polar surface area (TPSA) is 75.4 Å². The lowest BCUT2D eigenvalue weighted by Crippen LogP contribution is -2.42. The summed E-state index contributed by atoms with van der Waals surface area (Å²) in [4.78, 5) is 31.8. The molecule has 0 saturated carbocycles. The van der Waals surface area contributed by atoms with E-state index >= 15 is 0 Å². The van der Waals surface area contributed by atoms with Crippen LogP contribution in [0.1, 0.15) is 18.4 Å². The average molecular weight is 436 g/mol. The first kappa shape index (κ1) is 21.2. The highest BCUT2D eigenvalue weighted by molar-refractivity contribution is 7.99. The van der Waals surface area contributed by atoms with Crippen molar-refractivity contribution in [2.24, 2.45) is 5.92 Å². The molecular weight excluding hydrogens is 410 g/mol. The molecule has 1 aromatic heterocycles. The Bertz CT molecular complexity index is 1010. The molecule has 2 aromatic carbocycles. The average Bonchev–Trinajstić information content (AvgIpc) is 3.34. The molecule has 6 nitrogen and oxygen atoms in total. The largest absolute Gasteiger partial charge is 0.451 e. The van der Waals surface area contributed by atoms with Crippen LogP contribution in [0.4, 0.5) is 11.4 Å². The predicted octanol–water partition coefficient (Wildman–Crippen LogP) is 4.76. The van der Waals surface area contributed by atoms with E-state index in [4.69, 9.17) is 4.42 Å². The Morgan fingerprint density at radius 2 is 1.81 bits per heavy atom. The number of thioether (sulfide) groups is 1. The maximum absolute atomic E-state index is 13.3. The molecule has 0 radical (unpaired) electrons. The minimum Gasteiger partial charge on any atom is -0.451 e. The van der Waals surface area contributed by atoms with Crippen LogP contribution in [0.3, 0.4) is 0 Å². The van der Waals surface area contributed by atoms with Crippen molar-refractivity contribution in [2.45, 2.75) is 19.8 Å². The Kier molecular flexibility index (Phi) is 6.72. The SMILES string of the molecule is Cc1ccc(N(CC(=O)Nc2ccc(-c3cocn3)cc2)C(=O)C2CCSCC2)cc1. The van der Waals surface area contributed by atoms with Crippen molar-refractivity contribution in [3.8, 4) is 11.3 Å². The van der Waals surface area contributed by atoms with Crippen molar-refractivity contribution in [1.29, 1.82) is 0 Å². The molecule has 7 heteroatoms. The first-order chi connectivity index (χ1) is 15.1. The Morgan fingerprint density at radius 3 is 2.45 bits per heavy atom. The Morgan fingerprint density at radius 1 is 1.10 bits per heavy atom. The fourth-order valence-electron chi connectivity index (χ4n) is 3.61. The first-order valence-corrected chi connectivity index (χ1v) is 11.5. The van der Waals surface area contributed by atoms with Gasteiger partial charge in [-0.25, -0.2) is 4.98 Å². The van der Waals surface area contributed by atoms with Gasteiger partial charge in [-0.05, 0) is 55.5 Å². The van der Waals surface area contributed by atoms with E-state index in [-0.39, 0.29) is 24.3 Å². The number of benzene rings is 2. The molecule has 0 bridgehead atoms. The van der Waals surface area contributed by atoms with Crippen molar-refractivity contribution in [3.63, 3.8) is 0 Å². The monoisotopic (exact) mass is 435 g/mol. The molecule has 2 heterocycles. The maximum atomic E-state index is 13.3. The molecule has 160 valence electrons. The normalized spacial score (nSPS) is 14.2. The van der Waals surface area contributed by atoms with Gasteiger partial charge in [-0.1, -0.05) is 29.8 Å². The summed E-state index contributed by atoms with van der Waals surface area (Å²) in [5, 5.41) is 2.90. The van der Waals surface area contributed by atoms with Crippen LogP contribution in [0.2, 0.25) is 0 Å². The second-order valence-corrected chi connectivity index (χ2v) is 8.87. The summed E-state index contributed by atoms with van der Waals surface area (Å²) >= 11 is 1.88. The van der Waals surface area contributed by atoms with Gasteiger partial charge < -0.3 is 14.6 Å². The van der Waals surface area contributed by atoms with E-state index in [1.54, 1.807) is 11.2 Å². The van der Waals surface area contributed by atoms with Crippen LogP contribution in [0.15, 0.2) is 65.6 Å². The lowest BCUT2D eigenvalue weighted by Gasteiger charge is -2.29. The van der Waals surface area contributed by atoms with Crippen LogP contribution in [-0.2, 0) is 9.59 Å². The molecule has 0 atom stereocenters. The molecule has 2 amide bonds. The molecule has 1 N–H and O–H groups in total. The summed E-state index contributed by atoms with van der Waals surface area (Å²) in [5.41, 5.74) is 4.17. The lowest BCUT2D eigenvalue weighted by atomic mass is 10.0. The molecule has 0 aliphatic carbocycles. The Hall–Kier alpha value is -3.06. The summed E-state index contributed by atoms with van der Waals surface area (Å²) < 4.78 is 5.01. The molecule has 1 fully saturated rings. The third-order valence-corrected chi connectivity index (χ3v) is 6.43. The number of anilines is 2. The molecule has 3 aromatic rings.